The van der Waals surface area contributed by atoms with Gasteiger partial charge in [-0.1, -0.05) is 117 Å². The van der Waals surface area contributed by atoms with E-state index < -0.39 is 0 Å². The van der Waals surface area contributed by atoms with Crippen molar-refractivity contribution < 1.29 is 0 Å². The van der Waals surface area contributed by atoms with Crippen LogP contribution in [0.1, 0.15) is 42.5 Å². The highest BCUT2D eigenvalue weighted by molar-refractivity contribution is 5.88. The van der Waals surface area contributed by atoms with Crippen molar-refractivity contribution in [2.45, 2.75) is 27.2 Å². The zero-order valence-electron chi connectivity index (χ0n) is 19.7. The van der Waals surface area contributed by atoms with Crippen molar-refractivity contribution in [3.63, 3.8) is 0 Å². The molecule has 2 aromatic carbocycles. The van der Waals surface area contributed by atoms with E-state index in [1.54, 1.807) is 0 Å². The fraction of sp³-hybridized carbons (Fsp3) is 0.125. The molecule has 0 aliphatic rings. The number of aryl methyl sites for hydroxylation is 1. The van der Waals surface area contributed by atoms with Gasteiger partial charge in [0.25, 0.3) is 0 Å². The summed E-state index contributed by atoms with van der Waals surface area (Å²) in [5.41, 5.74) is 9.83. The quantitative estimate of drug-likeness (QED) is 0.266. The van der Waals surface area contributed by atoms with Crippen LogP contribution in [0.5, 0.6) is 0 Å². The second-order valence-corrected chi connectivity index (χ2v) is 7.86. The summed E-state index contributed by atoms with van der Waals surface area (Å²) < 4.78 is 0. The first-order chi connectivity index (χ1) is 15.4. The molecule has 0 fully saturated rings. The van der Waals surface area contributed by atoms with Crippen molar-refractivity contribution in [1.82, 2.24) is 0 Å². The fourth-order valence-electron chi connectivity index (χ4n) is 3.43. The van der Waals surface area contributed by atoms with E-state index >= 15 is 0 Å². The summed E-state index contributed by atoms with van der Waals surface area (Å²) >= 11 is 0. The summed E-state index contributed by atoms with van der Waals surface area (Å²) in [7, 11) is 0. The first kappa shape index (κ1) is 24.6. The molecule has 0 nitrogen and oxygen atoms in total. The molecule has 0 saturated heterocycles. The first-order valence-electron chi connectivity index (χ1n) is 10.9. The Morgan fingerprint density at radius 3 is 2.28 bits per heavy atom. The maximum atomic E-state index is 4.23. The van der Waals surface area contributed by atoms with Crippen LogP contribution in [0.15, 0.2) is 128 Å². The number of benzene rings is 2. The van der Waals surface area contributed by atoms with Crippen molar-refractivity contribution >= 4 is 17.7 Å². The second-order valence-electron chi connectivity index (χ2n) is 7.86. The highest BCUT2D eigenvalue weighted by Crippen LogP contribution is 2.26. The van der Waals surface area contributed by atoms with E-state index in [2.05, 4.69) is 81.8 Å². The van der Waals surface area contributed by atoms with Gasteiger partial charge in [-0.2, -0.15) is 0 Å². The molecule has 0 atom stereocenters. The topological polar surface area (TPSA) is 0 Å². The summed E-state index contributed by atoms with van der Waals surface area (Å²) in [5.74, 6) is 0. The number of allylic oxidation sites excluding steroid dienone is 10. The second kappa shape index (κ2) is 12.3. The summed E-state index contributed by atoms with van der Waals surface area (Å²) in [6, 6.07) is 16.8. The monoisotopic (exact) mass is 418 g/mol. The van der Waals surface area contributed by atoms with Gasteiger partial charge in [-0.05, 0) is 77.8 Å². The Balaban J connectivity index is 2.14. The van der Waals surface area contributed by atoms with Crippen LogP contribution in [0.3, 0.4) is 0 Å². The number of rotatable bonds is 10. The van der Waals surface area contributed by atoms with Crippen molar-refractivity contribution in [3.8, 4) is 0 Å². The maximum Gasteiger partial charge on any atom is -0.00940 e. The van der Waals surface area contributed by atoms with Gasteiger partial charge in [0.05, 0.1) is 0 Å². The summed E-state index contributed by atoms with van der Waals surface area (Å²) in [6.07, 6.45) is 15.2. The van der Waals surface area contributed by atoms with E-state index in [0.29, 0.717) is 0 Å². The molecule has 0 N–H and O–H groups in total. The molecule has 0 unspecified atom stereocenters. The van der Waals surface area contributed by atoms with Crippen LogP contribution in [0.4, 0.5) is 0 Å². The summed E-state index contributed by atoms with van der Waals surface area (Å²) in [6.45, 7) is 22.7. The lowest BCUT2D eigenvalue weighted by Crippen LogP contribution is -1.93. The SMILES string of the molecule is C=C/C(=C/c1ccccc1)c1ccc(/C=C/CC(=C)C(=C)/C(=C/C=C\C)C(=C)C)cc1C. The molecule has 0 amide bonds. The summed E-state index contributed by atoms with van der Waals surface area (Å²) in [4.78, 5) is 0. The zero-order chi connectivity index (χ0) is 23.5. The fourth-order valence-corrected chi connectivity index (χ4v) is 3.43. The van der Waals surface area contributed by atoms with Gasteiger partial charge >= 0.3 is 0 Å². The van der Waals surface area contributed by atoms with Crippen LogP contribution in [-0.2, 0) is 0 Å². The molecule has 0 heteroatoms. The van der Waals surface area contributed by atoms with Gasteiger partial charge in [-0.25, -0.2) is 0 Å². The van der Waals surface area contributed by atoms with Crippen molar-refractivity contribution in [3.05, 3.63) is 150 Å². The van der Waals surface area contributed by atoms with Gasteiger partial charge < -0.3 is 0 Å². The lowest BCUT2D eigenvalue weighted by molar-refractivity contribution is 1.23. The van der Waals surface area contributed by atoms with Crippen LogP contribution < -0.4 is 0 Å². The number of hydrogen-bond donors (Lipinski definition) is 0. The Morgan fingerprint density at radius 1 is 0.969 bits per heavy atom. The van der Waals surface area contributed by atoms with E-state index in [-0.39, 0.29) is 0 Å². The van der Waals surface area contributed by atoms with E-state index in [0.717, 1.165) is 39.8 Å². The van der Waals surface area contributed by atoms with E-state index in [1.165, 1.54) is 16.7 Å². The minimum Gasteiger partial charge on any atom is -0.0984 e. The van der Waals surface area contributed by atoms with Gasteiger partial charge in [0.2, 0.25) is 0 Å². The minimum absolute atomic E-state index is 0.742. The van der Waals surface area contributed by atoms with Crippen molar-refractivity contribution in [1.29, 1.82) is 0 Å². The van der Waals surface area contributed by atoms with Crippen LogP contribution in [0.25, 0.3) is 17.7 Å². The molecule has 0 aliphatic heterocycles. The lowest BCUT2D eigenvalue weighted by Gasteiger charge is -2.12. The molecule has 32 heavy (non-hydrogen) atoms. The Bertz CT molecular complexity index is 1110. The van der Waals surface area contributed by atoms with Gasteiger partial charge in [0, 0.05) is 0 Å². The third kappa shape index (κ3) is 6.96. The maximum absolute atomic E-state index is 4.23. The third-order valence-corrected chi connectivity index (χ3v) is 5.24. The molecular weight excluding hydrogens is 384 g/mol. The molecule has 0 aromatic heterocycles. The Hall–Kier alpha value is -3.64. The first-order valence-corrected chi connectivity index (χ1v) is 10.9. The van der Waals surface area contributed by atoms with E-state index in [9.17, 15) is 0 Å². The standard InChI is InChI=1S/C32H34/c1-8-10-19-31(24(3)4)27(7)25(5)15-14-18-29-20-21-32(26(6)22-29)30(9-2)23-28-16-12-11-13-17-28/h8-14,16-23H,2-3,5,7,15H2,1,4,6H3/b10-8-,18-14+,30-23-,31-19+. The van der Waals surface area contributed by atoms with Gasteiger partial charge in [-0.3, -0.25) is 0 Å². The van der Waals surface area contributed by atoms with Crippen LogP contribution >= 0.6 is 0 Å². The molecule has 0 bridgehead atoms. The molecule has 2 aromatic rings. The Kier molecular flexibility index (Phi) is 9.44. The van der Waals surface area contributed by atoms with E-state index in [1.807, 2.05) is 56.4 Å². The third-order valence-electron chi connectivity index (χ3n) is 5.24. The Morgan fingerprint density at radius 2 is 1.69 bits per heavy atom. The molecule has 0 spiro atoms. The molecule has 0 heterocycles. The Labute approximate surface area is 194 Å². The van der Waals surface area contributed by atoms with Gasteiger partial charge in [0.15, 0.2) is 0 Å². The number of hydrogen-bond acceptors (Lipinski definition) is 0. The van der Waals surface area contributed by atoms with Crippen LogP contribution in [-0.4, -0.2) is 0 Å². The zero-order valence-corrected chi connectivity index (χ0v) is 19.7. The average Bonchev–Trinajstić information content (AvgIpc) is 2.78. The average molecular weight is 419 g/mol. The van der Waals surface area contributed by atoms with Crippen molar-refractivity contribution in [2.75, 3.05) is 0 Å². The largest absolute Gasteiger partial charge is 0.0984 e. The predicted molar refractivity (Wildman–Crippen MR) is 145 cm³/mol. The molecule has 2 rings (SSSR count). The van der Waals surface area contributed by atoms with Gasteiger partial charge in [-0.15, -0.1) is 0 Å². The molecule has 0 saturated carbocycles. The summed E-state index contributed by atoms with van der Waals surface area (Å²) in [5, 5.41) is 0. The van der Waals surface area contributed by atoms with E-state index in [4.69, 9.17) is 0 Å². The lowest BCUT2D eigenvalue weighted by atomic mass is 9.93. The highest BCUT2D eigenvalue weighted by atomic mass is 14.1. The van der Waals surface area contributed by atoms with Crippen LogP contribution in [0, 0.1) is 6.92 Å². The van der Waals surface area contributed by atoms with Crippen LogP contribution in [0.2, 0.25) is 0 Å². The van der Waals surface area contributed by atoms with Gasteiger partial charge in [0.1, 0.15) is 0 Å². The highest BCUT2D eigenvalue weighted by Gasteiger charge is 2.06. The minimum atomic E-state index is 0.742. The smallest absolute Gasteiger partial charge is 0.00940 e. The van der Waals surface area contributed by atoms with Crippen molar-refractivity contribution in [2.24, 2.45) is 0 Å². The normalized spacial score (nSPS) is 12.3. The molecule has 0 radical (unpaired) electrons. The predicted octanol–water partition coefficient (Wildman–Crippen LogP) is 9.32. The molecule has 162 valence electrons. The molecular formula is C32H34. The molecule has 0 aliphatic carbocycles.